The first-order valence-electron chi connectivity index (χ1n) is 8.49. The Hall–Kier alpha value is -1.81. The van der Waals surface area contributed by atoms with Crippen LogP contribution in [0.15, 0.2) is 30.3 Å². The van der Waals surface area contributed by atoms with Crippen molar-refractivity contribution in [2.75, 3.05) is 32.7 Å². The van der Waals surface area contributed by atoms with E-state index >= 15 is 0 Å². The number of nitrogens with one attached hydrogen (secondary N) is 2. The smallest absolute Gasteiger partial charge is 0.354 e. The number of benzene rings is 1. The predicted octanol–water partition coefficient (Wildman–Crippen LogP) is 2.67. The fraction of sp³-hybridized carbons (Fsp3) is 0.588. The number of hydrogen-bond acceptors (Lipinski definition) is 3. The van der Waals surface area contributed by atoms with Gasteiger partial charge in [0.15, 0.2) is 0 Å². The van der Waals surface area contributed by atoms with Crippen molar-refractivity contribution >= 4 is 5.91 Å². The fourth-order valence-electron chi connectivity index (χ4n) is 3.02. The minimum Gasteiger partial charge on any atom is -0.354 e. The molecule has 1 aliphatic heterocycles. The van der Waals surface area contributed by atoms with Crippen LogP contribution in [0.2, 0.25) is 0 Å². The van der Waals surface area contributed by atoms with Crippen LogP contribution < -0.4 is 10.6 Å². The highest BCUT2D eigenvalue weighted by Crippen LogP contribution is 2.37. The summed E-state index contributed by atoms with van der Waals surface area (Å²) >= 11 is 0. The molecule has 4 nitrogen and oxygen atoms in total. The van der Waals surface area contributed by atoms with Gasteiger partial charge in [-0.15, -0.1) is 0 Å². The van der Waals surface area contributed by atoms with Crippen molar-refractivity contribution in [2.45, 2.75) is 30.7 Å². The van der Waals surface area contributed by atoms with E-state index in [1.807, 2.05) is 5.32 Å². The van der Waals surface area contributed by atoms with Gasteiger partial charge in [-0.2, -0.15) is 26.3 Å². The molecule has 1 saturated heterocycles. The Labute approximate surface area is 152 Å². The first-order chi connectivity index (χ1) is 12.6. The summed E-state index contributed by atoms with van der Waals surface area (Å²) in [6.45, 7) is 0.279. The van der Waals surface area contributed by atoms with Gasteiger partial charge in [0.2, 0.25) is 5.91 Å². The van der Waals surface area contributed by atoms with E-state index in [2.05, 4.69) is 5.32 Å². The van der Waals surface area contributed by atoms with Crippen LogP contribution in [0.3, 0.4) is 0 Å². The van der Waals surface area contributed by atoms with E-state index < -0.39 is 43.2 Å². The molecule has 0 bridgehead atoms. The molecular formula is C17H21F6N3O. The molecule has 1 aromatic rings. The Morgan fingerprint density at radius 2 is 1.63 bits per heavy atom. The van der Waals surface area contributed by atoms with E-state index in [1.54, 1.807) is 6.07 Å². The standard InChI is InChI=1S/C17H21F6N3O/c18-16(19,20)13(12-4-2-1-3-5-12)10-15(27)25-11-14(17(21,22)23)26-8-6-24-7-9-26/h1-5,13-14,24H,6-11H2,(H,25,27). The Balaban J connectivity index is 2.01. The maximum Gasteiger partial charge on any atom is 0.405 e. The van der Waals surface area contributed by atoms with E-state index in [0.29, 0.717) is 13.1 Å². The second-order valence-electron chi connectivity index (χ2n) is 6.36. The molecule has 0 radical (unpaired) electrons. The summed E-state index contributed by atoms with van der Waals surface area (Å²) in [5.41, 5.74) is -0.102. The van der Waals surface area contributed by atoms with E-state index in [0.717, 1.165) is 0 Å². The van der Waals surface area contributed by atoms with E-state index in [-0.39, 0.29) is 18.7 Å². The minimum absolute atomic E-state index is 0.102. The second kappa shape index (κ2) is 8.92. The number of piperazine rings is 1. The van der Waals surface area contributed by atoms with Gasteiger partial charge in [0.1, 0.15) is 6.04 Å². The fourth-order valence-corrected chi connectivity index (χ4v) is 3.02. The van der Waals surface area contributed by atoms with Gasteiger partial charge in [-0.05, 0) is 5.56 Å². The van der Waals surface area contributed by atoms with Crippen molar-refractivity contribution in [1.29, 1.82) is 0 Å². The van der Waals surface area contributed by atoms with Crippen LogP contribution in [0.25, 0.3) is 0 Å². The van der Waals surface area contributed by atoms with Gasteiger partial charge in [-0.3, -0.25) is 9.69 Å². The van der Waals surface area contributed by atoms with Gasteiger partial charge in [0, 0.05) is 39.1 Å². The van der Waals surface area contributed by atoms with Crippen LogP contribution in [-0.4, -0.2) is 61.9 Å². The summed E-state index contributed by atoms with van der Waals surface area (Å²) in [6.07, 6.45) is -10.2. The third kappa shape index (κ3) is 6.39. The van der Waals surface area contributed by atoms with Gasteiger partial charge < -0.3 is 10.6 Å². The molecule has 27 heavy (non-hydrogen) atoms. The van der Waals surface area contributed by atoms with Gasteiger partial charge in [0.05, 0.1) is 5.92 Å². The van der Waals surface area contributed by atoms with Crippen LogP contribution in [0.4, 0.5) is 26.3 Å². The lowest BCUT2D eigenvalue weighted by Crippen LogP contribution is -2.57. The van der Waals surface area contributed by atoms with Gasteiger partial charge >= 0.3 is 12.4 Å². The number of carbonyl (C=O) groups is 1. The molecule has 1 amide bonds. The Morgan fingerprint density at radius 1 is 1.04 bits per heavy atom. The predicted molar refractivity (Wildman–Crippen MR) is 87.2 cm³/mol. The van der Waals surface area contributed by atoms with Crippen LogP contribution in [0, 0.1) is 0 Å². The third-order valence-corrected chi connectivity index (χ3v) is 4.45. The minimum atomic E-state index is -4.68. The van der Waals surface area contributed by atoms with E-state index in [1.165, 1.54) is 29.2 Å². The second-order valence-corrected chi connectivity index (χ2v) is 6.36. The summed E-state index contributed by atoms with van der Waals surface area (Å²) in [7, 11) is 0. The zero-order chi connectivity index (χ0) is 20.1. The zero-order valence-corrected chi connectivity index (χ0v) is 14.4. The van der Waals surface area contributed by atoms with Crippen LogP contribution in [0.1, 0.15) is 17.9 Å². The molecule has 1 fully saturated rings. The molecule has 10 heteroatoms. The van der Waals surface area contributed by atoms with E-state index in [4.69, 9.17) is 0 Å². The topological polar surface area (TPSA) is 44.4 Å². The highest BCUT2D eigenvalue weighted by Gasteiger charge is 2.45. The number of hydrogen-bond donors (Lipinski definition) is 2. The first kappa shape index (κ1) is 21.5. The average molecular weight is 397 g/mol. The molecule has 1 heterocycles. The Kier molecular flexibility index (Phi) is 7.10. The van der Waals surface area contributed by atoms with Crippen LogP contribution in [0.5, 0.6) is 0 Å². The maximum absolute atomic E-state index is 13.3. The molecule has 0 aliphatic carbocycles. The van der Waals surface area contributed by atoms with Crippen molar-refractivity contribution < 1.29 is 31.1 Å². The summed E-state index contributed by atoms with van der Waals surface area (Å²) in [5.74, 6) is -3.13. The molecule has 2 unspecified atom stereocenters. The maximum atomic E-state index is 13.3. The molecule has 1 aromatic carbocycles. The summed E-state index contributed by atoms with van der Waals surface area (Å²) < 4.78 is 79.6. The lowest BCUT2D eigenvalue weighted by molar-refractivity contribution is -0.184. The zero-order valence-electron chi connectivity index (χ0n) is 14.4. The normalized spacial score (nSPS) is 18.7. The highest BCUT2D eigenvalue weighted by molar-refractivity contribution is 5.77. The van der Waals surface area contributed by atoms with Crippen LogP contribution in [-0.2, 0) is 4.79 Å². The monoisotopic (exact) mass is 397 g/mol. The van der Waals surface area contributed by atoms with Crippen molar-refractivity contribution in [2.24, 2.45) is 0 Å². The molecule has 1 aliphatic rings. The molecule has 152 valence electrons. The Bertz CT molecular complexity index is 599. The van der Waals surface area contributed by atoms with Gasteiger partial charge in [-0.25, -0.2) is 0 Å². The van der Waals surface area contributed by atoms with Crippen molar-refractivity contribution in [3.05, 3.63) is 35.9 Å². The van der Waals surface area contributed by atoms with E-state index in [9.17, 15) is 31.1 Å². The first-order valence-corrected chi connectivity index (χ1v) is 8.49. The van der Waals surface area contributed by atoms with Crippen LogP contribution >= 0.6 is 0 Å². The van der Waals surface area contributed by atoms with Crippen molar-refractivity contribution in [1.82, 2.24) is 15.5 Å². The molecule has 2 atom stereocenters. The van der Waals surface area contributed by atoms with Crippen molar-refractivity contribution in [3.63, 3.8) is 0 Å². The molecule has 2 N–H and O–H groups in total. The lowest BCUT2D eigenvalue weighted by Gasteiger charge is -2.36. The molecule has 2 rings (SSSR count). The number of rotatable bonds is 6. The summed E-state index contributed by atoms with van der Waals surface area (Å²) in [6, 6.07) is 4.92. The average Bonchev–Trinajstić information content (AvgIpc) is 2.59. The van der Waals surface area contributed by atoms with Crippen molar-refractivity contribution in [3.8, 4) is 0 Å². The number of alkyl halides is 6. The van der Waals surface area contributed by atoms with Gasteiger partial charge in [-0.1, -0.05) is 30.3 Å². The molecule has 0 spiro atoms. The number of carbonyl (C=O) groups excluding carboxylic acids is 1. The Morgan fingerprint density at radius 3 is 2.15 bits per heavy atom. The number of nitrogens with zero attached hydrogens (tertiary/aromatic N) is 1. The van der Waals surface area contributed by atoms with Gasteiger partial charge in [0.25, 0.3) is 0 Å². The molecule has 0 saturated carbocycles. The lowest BCUT2D eigenvalue weighted by atomic mass is 9.94. The summed E-state index contributed by atoms with van der Waals surface area (Å²) in [5, 5.41) is 4.96. The third-order valence-electron chi connectivity index (χ3n) is 4.45. The summed E-state index contributed by atoms with van der Waals surface area (Å²) in [4.78, 5) is 13.2. The molecule has 0 aromatic heterocycles. The quantitative estimate of drug-likeness (QED) is 0.726. The number of halogens is 6. The largest absolute Gasteiger partial charge is 0.405 e. The molecular weight excluding hydrogens is 376 g/mol. The number of amides is 1. The highest BCUT2D eigenvalue weighted by atomic mass is 19.4. The SMILES string of the molecule is O=C(CC(c1ccccc1)C(F)(F)F)NCC(N1CCNCC1)C(F)(F)F.